The number of amides is 1. The van der Waals surface area contributed by atoms with Crippen molar-refractivity contribution in [2.45, 2.75) is 58.4 Å². The molecule has 1 atom stereocenters. The molecule has 0 radical (unpaired) electrons. The van der Waals surface area contributed by atoms with Crippen molar-refractivity contribution in [1.29, 1.82) is 0 Å². The summed E-state index contributed by atoms with van der Waals surface area (Å²) in [5.74, 6) is 0.962. The molecule has 0 bridgehead atoms. The molecule has 9 heteroatoms. The smallest absolute Gasteiger partial charge is 0.224 e. The van der Waals surface area contributed by atoms with E-state index in [-0.39, 0.29) is 11.9 Å². The van der Waals surface area contributed by atoms with Crippen LogP contribution in [0.5, 0.6) is 0 Å². The van der Waals surface area contributed by atoms with Crippen LogP contribution in [0.2, 0.25) is 0 Å². The van der Waals surface area contributed by atoms with Crippen LogP contribution in [0, 0.1) is 6.92 Å². The summed E-state index contributed by atoms with van der Waals surface area (Å²) >= 11 is 1.73. The summed E-state index contributed by atoms with van der Waals surface area (Å²) in [4.78, 5) is 36.0. The Bertz CT molecular complexity index is 1700. The van der Waals surface area contributed by atoms with Gasteiger partial charge in [-0.1, -0.05) is 19.4 Å². The Morgan fingerprint density at radius 3 is 2.95 bits per heavy atom. The zero-order chi connectivity index (χ0) is 29.9. The number of nitrogens with zero attached hydrogens (tertiary/aromatic N) is 5. The molecule has 8 nitrogen and oxygen atoms in total. The number of rotatable bonds is 8. The quantitative estimate of drug-likeness (QED) is 0.270. The Hall–Kier alpha value is -4.37. The van der Waals surface area contributed by atoms with Gasteiger partial charge in [0.25, 0.3) is 0 Å². The number of aryl methyl sites for hydroxylation is 1. The van der Waals surface area contributed by atoms with Crippen LogP contribution in [0.1, 0.15) is 73.1 Å². The largest absolute Gasteiger partial charge is 0.354 e. The SMILES string of the molecule is C=NC1C=C(C2=NCN(C)c3ncc(C4=CCCCC(NC(=O)CCCC)=C4)cc32)Nc2ccnc(-c3ccc(C)s3)c21. The molecule has 3 aliphatic rings. The Kier molecular flexibility index (Phi) is 8.33. The maximum atomic E-state index is 12.5. The minimum absolute atomic E-state index is 0.0857. The first-order valence-corrected chi connectivity index (χ1v) is 15.7. The van der Waals surface area contributed by atoms with E-state index in [0.29, 0.717) is 13.1 Å². The van der Waals surface area contributed by atoms with Crippen molar-refractivity contribution in [3.05, 3.63) is 87.8 Å². The highest BCUT2D eigenvalue weighted by Gasteiger charge is 2.30. The standard InChI is InChI=1S/C34H37N7OS/c1-5-6-11-30(42)39-24-10-8-7-9-22(16-24)23-17-25-32(38-20-41(4)34(25)37-19-23)28-18-27(35-3)31-26(40-28)14-15-36-33(31)29-13-12-21(2)43-29/h9,12-19,27,40H,3,5-8,10-11,20H2,1-2,4H3,(H,39,42). The summed E-state index contributed by atoms with van der Waals surface area (Å²) in [5.41, 5.74) is 8.61. The number of aromatic nitrogens is 2. The number of nitrogens with one attached hydrogen (secondary N) is 2. The maximum Gasteiger partial charge on any atom is 0.224 e. The van der Waals surface area contributed by atoms with Crippen LogP contribution in [-0.4, -0.2) is 42.0 Å². The van der Waals surface area contributed by atoms with Gasteiger partial charge < -0.3 is 15.5 Å². The molecule has 1 amide bonds. The second-order valence-corrected chi connectivity index (χ2v) is 12.5. The minimum atomic E-state index is -0.273. The van der Waals surface area contributed by atoms with E-state index in [2.05, 4.69) is 77.5 Å². The first kappa shape index (κ1) is 28.7. The summed E-state index contributed by atoms with van der Waals surface area (Å²) in [5, 5.41) is 6.80. The van der Waals surface area contributed by atoms with E-state index in [1.807, 2.05) is 25.5 Å². The summed E-state index contributed by atoms with van der Waals surface area (Å²) in [6.07, 6.45) is 15.4. The lowest BCUT2D eigenvalue weighted by Gasteiger charge is -2.30. The molecule has 1 unspecified atom stereocenters. The van der Waals surface area contributed by atoms with Gasteiger partial charge in [-0.15, -0.1) is 11.3 Å². The van der Waals surface area contributed by atoms with Gasteiger partial charge in [0.05, 0.1) is 28.0 Å². The molecule has 6 rings (SSSR count). The van der Waals surface area contributed by atoms with E-state index in [0.717, 1.165) is 93.5 Å². The van der Waals surface area contributed by atoms with Crippen LogP contribution in [0.3, 0.4) is 0 Å². The van der Waals surface area contributed by atoms with Gasteiger partial charge in [0.15, 0.2) is 0 Å². The molecule has 0 fully saturated rings. The molecule has 2 N–H and O–H groups in total. The summed E-state index contributed by atoms with van der Waals surface area (Å²) in [6, 6.07) is 8.12. The molecule has 2 aliphatic heterocycles. The monoisotopic (exact) mass is 591 g/mol. The highest BCUT2D eigenvalue weighted by molar-refractivity contribution is 7.15. The number of hydrogen-bond acceptors (Lipinski definition) is 8. The lowest BCUT2D eigenvalue weighted by atomic mass is 9.93. The fourth-order valence-electron chi connectivity index (χ4n) is 5.75. The van der Waals surface area contributed by atoms with E-state index < -0.39 is 0 Å². The molecule has 5 heterocycles. The number of fused-ring (bicyclic) bond motifs is 2. The van der Waals surface area contributed by atoms with Crippen LogP contribution in [0.4, 0.5) is 11.5 Å². The number of pyridine rings is 2. The van der Waals surface area contributed by atoms with E-state index >= 15 is 0 Å². The third-order valence-electron chi connectivity index (χ3n) is 7.96. The van der Waals surface area contributed by atoms with Gasteiger partial charge in [0.1, 0.15) is 12.5 Å². The highest BCUT2D eigenvalue weighted by Crippen LogP contribution is 2.42. The lowest BCUT2D eigenvalue weighted by molar-refractivity contribution is -0.120. The average molecular weight is 592 g/mol. The van der Waals surface area contributed by atoms with Crippen LogP contribution < -0.4 is 15.5 Å². The number of aliphatic imine (C=N–C) groups is 2. The van der Waals surface area contributed by atoms with Crippen molar-refractivity contribution in [2.24, 2.45) is 9.98 Å². The van der Waals surface area contributed by atoms with Crippen LogP contribution in [-0.2, 0) is 4.79 Å². The molecular formula is C34H37N7OS. The molecule has 0 aromatic carbocycles. The van der Waals surface area contributed by atoms with Crippen molar-refractivity contribution in [2.75, 3.05) is 23.9 Å². The molecule has 1 aliphatic carbocycles. The van der Waals surface area contributed by atoms with Gasteiger partial charge in [-0.3, -0.25) is 19.8 Å². The number of carbonyl (C=O) groups is 1. The third-order valence-corrected chi connectivity index (χ3v) is 8.97. The van der Waals surface area contributed by atoms with Gasteiger partial charge in [-0.05, 0) is 81.3 Å². The molecule has 43 heavy (non-hydrogen) atoms. The first-order chi connectivity index (χ1) is 20.9. The fraction of sp³-hybridized carbons (Fsp3) is 0.324. The number of thiophene rings is 1. The number of hydrogen-bond donors (Lipinski definition) is 2. The Morgan fingerprint density at radius 1 is 1.28 bits per heavy atom. The Labute approximate surface area is 257 Å². The predicted molar refractivity (Wildman–Crippen MR) is 178 cm³/mol. The number of carbonyl (C=O) groups excluding carboxylic acids is 1. The van der Waals surface area contributed by atoms with E-state index in [9.17, 15) is 4.79 Å². The topological polar surface area (TPSA) is 94.9 Å². The zero-order valence-electron chi connectivity index (χ0n) is 25.0. The van der Waals surface area contributed by atoms with E-state index in [1.54, 1.807) is 11.3 Å². The van der Waals surface area contributed by atoms with Crippen molar-refractivity contribution in [3.8, 4) is 10.6 Å². The van der Waals surface area contributed by atoms with Crippen LogP contribution in [0.25, 0.3) is 16.1 Å². The first-order valence-electron chi connectivity index (χ1n) is 14.9. The third kappa shape index (κ3) is 5.95. The Morgan fingerprint density at radius 2 is 2.16 bits per heavy atom. The maximum absolute atomic E-state index is 12.5. The summed E-state index contributed by atoms with van der Waals surface area (Å²) < 4.78 is 0. The molecule has 0 saturated carbocycles. The number of anilines is 2. The number of allylic oxidation sites excluding steroid dienone is 5. The van der Waals surface area contributed by atoms with Gasteiger partial charge in [0.2, 0.25) is 5.91 Å². The van der Waals surface area contributed by atoms with Crippen molar-refractivity contribution in [3.63, 3.8) is 0 Å². The predicted octanol–water partition coefficient (Wildman–Crippen LogP) is 7.22. The molecule has 0 spiro atoms. The summed E-state index contributed by atoms with van der Waals surface area (Å²) in [6.45, 7) is 8.64. The van der Waals surface area contributed by atoms with E-state index in [4.69, 9.17) is 15.0 Å². The molecule has 3 aromatic rings. The molecule has 3 aromatic heterocycles. The Balaban J connectivity index is 1.35. The van der Waals surface area contributed by atoms with Crippen LogP contribution >= 0.6 is 11.3 Å². The average Bonchev–Trinajstić information content (AvgIpc) is 3.32. The van der Waals surface area contributed by atoms with Crippen molar-refractivity contribution in [1.82, 2.24) is 15.3 Å². The van der Waals surface area contributed by atoms with Crippen molar-refractivity contribution < 1.29 is 4.79 Å². The van der Waals surface area contributed by atoms with Gasteiger partial charge in [0, 0.05) is 58.8 Å². The van der Waals surface area contributed by atoms with Crippen LogP contribution in [0.15, 0.2) is 76.3 Å². The fourth-order valence-corrected chi connectivity index (χ4v) is 6.63. The normalized spacial score (nSPS) is 17.7. The van der Waals surface area contributed by atoms with Gasteiger partial charge in [-0.2, -0.15) is 0 Å². The minimum Gasteiger partial charge on any atom is -0.354 e. The molecular weight excluding hydrogens is 554 g/mol. The highest BCUT2D eigenvalue weighted by atomic mass is 32.1. The molecule has 220 valence electrons. The molecule has 0 saturated heterocycles. The second-order valence-electron chi connectivity index (χ2n) is 11.2. The van der Waals surface area contributed by atoms with Crippen molar-refractivity contribution >= 4 is 46.8 Å². The van der Waals surface area contributed by atoms with E-state index in [1.165, 1.54) is 4.88 Å². The summed E-state index contributed by atoms with van der Waals surface area (Å²) in [7, 11) is 2.01. The van der Waals surface area contributed by atoms with Gasteiger partial charge in [-0.25, -0.2) is 4.98 Å². The second kappa shape index (κ2) is 12.5. The number of unbranched alkanes of at least 4 members (excludes halogenated alkanes) is 1. The lowest BCUT2D eigenvalue weighted by Crippen LogP contribution is -2.30. The van der Waals surface area contributed by atoms with Gasteiger partial charge >= 0.3 is 0 Å². The zero-order valence-corrected chi connectivity index (χ0v) is 25.8.